The van der Waals surface area contributed by atoms with Crippen LogP contribution in [0.1, 0.15) is 21.6 Å². The first-order valence-electron chi connectivity index (χ1n) is 5.87. The topological polar surface area (TPSA) is 64.3 Å². The summed E-state index contributed by atoms with van der Waals surface area (Å²) in [6.45, 7) is 3.92. The van der Waals surface area contributed by atoms with Gasteiger partial charge in [-0.1, -0.05) is 0 Å². The Balaban J connectivity index is 2.59. The average Bonchev–Trinajstić information content (AvgIpc) is 2.74. The summed E-state index contributed by atoms with van der Waals surface area (Å²) in [5, 5.41) is 13.0. The third-order valence-corrected chi connectivity index (χ3v) is 3.12. The summed E-state index contributed by atoms with van der Waals surface area (Å²) in [5.74, 6) is -0.202. The van der Waals surface area contributed by atoms with Crippen LogP contribution in [0.5, 0.6) is 5.75 Å². The van der Waals surface area contributed by atoms with Crippen molar-refractivity contribution in [3.05, 3.63) is 35.0 Å². The van der Waals surface area contributed by atoms with E-state index in [2.05, 4.69) is 5.10 Å². The molecule has 0 radical (unpaired) electrons. The predicted octanol–water partition coefficient (Wildman–Crippen LogP) is 2.41. The lowest BCUT2D eigenvalue weighted by atomic mass is 10.0. The molecule has 5 nitrogen and oxygen atoms in total. The van der Waals surface area contributed by atoms with E-state index in [1.54, 1.807) is 24.9 Å². The molecule has 2 rings (SSSR count). The molecule has 0 spiro atoms. The van der Waals surface area contributed by atoms with Gasteiger partial charge in [-0.05, 0) is 43.2 Å². The fourth-order valence-electron chi connectivity index (χ4n) is 2.11. The normalized spacial score (nSPS) is 10.5. The van der Waals surface area contributed by atoms with Crippen molar-refractivity contribution in [2.75, 3.05) is 7.11 Å². The minimum absolute atomic E-state index is 0.0466. The summed E-state index contributed by atoms with van der Waals surface area (Å²) in [7, 11) is 3.37. The van der Waals surface area contributed by atoms with Gasteiger partial charge in [0.2, 0.25) is 0 Å². The summed E-state index contributed by atoms with van der Waals surface area (Å²) < 4.78 is 6.85. The van der Waals surface area contributed by atoms with E-state index in [0.717, 1.165) is 28.1 Å². The fraction of sp³-hybridized carbons (Fsp3) is 0.286. The zero-order valence-electron chi connectivity index (χ0n) is 11.4. The number of aryl methyl sites for hydroxylation is 3. The summed E-state index contributed by atoms with van der Waals surface area (Å²) in [4.78, 5) is 11.0. The molecule has 5 heteroatoms. The summed E-state index contributed by atoms with van der Waals surface area (Å²) in [6.07, 6.45) is 0. The Hall–Kier alpha value is -2.30. The van der Waals surface area contributed by atoms with Crippen LogP contribution in [-0.2, 0) is 7.05 Å². The number of carboxylic acids is 1. The molecule has 0 unspecified atom stereocenters. The summed E-state index contributed by atoms with van der Waals surface area (Å²) >= 11 is 0. The van der Waals surface area contributed by atoms with Crippen molar-refractivity contribution in [3.63, 3.8) is 0 Å². The molecule has 0 fully saturated rings. The molecule has 1 aromatic carbocycles. The van der Waals surface area contributed by atoms with E-state index in [1.165, 1.54) is 0 Å². The largest absolute Gasteiger partial charge is 0.496 e. The van der Waals surface area contributed by atoms with E-state index >= 15 is 0 Å². The Labute approximate surface area is 111 Å². The van der Waals surface area contributed by atoms with E-state index < -0.39 is 5.97 Å². The third kappa shape index (κ3) is 2.31. The lowest BCUT2D eigenvalue weighted by Crippen LogP contribution is -1.99. The molecule has 0 bridgehead atoms. The third-order valence-electron chi connectivity index (χ3n) is 3.12. The van der Waals surface area contributed by atoms with Crippen LogP contribution < -0.4 is 4.74 Å². The number of aromatic carboxylic acids is 1. The van der Waals surface area contributed by atoms with Gasteiger partial charge in [-0.15, -0.1) is 0 Å². The van der Waals surface area contributed by atoms with Crippen molar-refractivity contribution >= 4 is 5.97 Å². The number of aromatic nitrogens is 2. The van der Waals surface area contributed by atoms with Crippen LogP contribution in [0.15, 0.2) is 18.2 Å². The second kappa shape index (κ2) is 4.76. The number of carboxylic acid groups (broad SMARTS) is 1. The van der Waals surface area contributed by atoms with Gasteiger partial charge in [0.15, 0.2) is 5.69 Å². The maximum atomic E-state index is 11.0. The predicted molar refractivity (Wildman–Crippen MR) is 71.6 cm³/mol. The van der Waals surface area contributed by atoms with Gasteiger partial charge in [0.05, 0.1) is 12.8 Å². The highest BCUT2D eigenvalue weighted by Gasteiger charge is 2.15. The van der Waals surface area contributed by atoms with Crippen LogP contribution in [0.3, 0.4) is 0 Å². The van der Waals surface area contributed by atoms with E-state index in [1.807, 2.05) is 26.0 Å². The lowest BCUT2D eigenvalue weighted by molar-refractivity contribution is 0.0689. The zero-order valence-corrected chi connectivity index (χ0v) is 11.4. The number of methoxy groups -OCH3 is 1. The Morgan fingerprint density at radius 3 is 2.47 bits per heavy atom. The molecule has 1 N–H and O–H groups in total. The second-order valence-electron chi connectivity index (χ2n) is 4.48. The Kier molecular flexibility index (Phi) is 3.29. The molecule has 19 heavy (non-hydrogen) atoms. The van der Waals surface area contributed by atoms with Gasteiger partial charge >= 0.3 is 5.97 Å². The zero-order chi connectivity index (χ0) is 14.2. The highest BCUT2D eigenvalue weighted by molar-refractivity contribution is 5.87. The van der Waals surface area contributed by atoms with Crippen LogP contribution in [-0.4, -0.2) is 28.0 Å². The highest BCUT2D eigenvalue weighted by atomic mass is 16.5. The first-order chi connectivity index (χ1) is 8.93. The Morgan fingerprint density at radius 2 is 1.95 bits per heavy atom. The number of carbonyl (C=O) groups is 1. The highest BCUT2D eigenvalue weighted by Crippen LogP contribution is 2.30. The lowest BCUT2D eigenvalue weighted by Gasteiger charge is -2.11. The first kappa shape index (κ1) is 13.1. The van der Waals surface area contributed by atoms with Crippen LogP contribution in [0, 0.1) is 13.8 Å². The van der Waals surface area contributed by atoms with Crippen molar-refractivity contribution < 1.29 is 14.6 Å². The minimum atomic E-state index is -1.02. The van der Waals surface area contributed by atoms with Crippen LogP contribution in [0.25, 0.3) is 11.3 Å². The summed E-state index contributed by atoms with van der Waals surface area (Å²) in [6, 6.07) is 5.51. The molecule has 0 amide bonds. The standard InChI is InChI=1S/C14H16N2O3/c1-8-6-13(19-4)9(2)5-10(8)12-7-11(14(17)18)15-16(12)3/h5-7H,1-4H3,(H,17,18). The van der Waals surface area contributed by atoms with E-state index in [0.29, 0.717) is 0 Å². The second-order valence-corrected chi connectivity index (χ2v) is 4.48. The molecule has 0 aliphatic heterocycles. The average molecular weight is 260 g/mol. The number of hydrogen-bond donors (Lipinski definition) is 1. The van der Waals surface area contributed by atoms with E-state index in [-0.39, 0.29) is 5.69 Å². The Morgan fingerprint density at radius 1 is 1.26 bits per heavy atom. The van der Waals surface area contributed by atoms with Crippen molar-refractivity contribution in [1.82, 2.24) is 9.78 Å². The molecule has 1 heterocycles. The molecular weight excluding hydrogens is 244 g/mol. The van der Waals surface area contributed by atoms with Gasteiger partial charge in [-0.3, -0.25) is 4.68 Å². The molecule has 0 aliphatic carbocycles. The molecule has 0 atom stereocenters. The quantitative estimate of drug-likeness (QED) is 0.920. The van der Waals surface area contributed by atoms with Crippen molar-refractivity contribution in [2.24, 2.45) is 7.05 Å². The smallest absolute Gasteiger partial charge is 0.356 e. The van der Waals surface area contributed by atoms with Crippen molar-refractivity contribution in [1.29, 1.82) is 0 Å². The number of ether oxygens (including phenoxy) is 1. The van der Waals surface area contributed by atoms with Crippen LogP contribution >= 0.6 is 0 Å². The van der Waals surface area contributed by atoms with Crippen LogP contribution in [0.4, 0.5) is 0 Å². The Bertz CT molecular complexity index is 644. The molecule has 1 aromatic heterocycles. The number of nitrogens with zero attached hydrogens (tertiary/aromatic N) is 2. The number of hydrogen-bond acceptors (Lipinski definition) is 3. The molecule has 0 saturated carbocycles. The molecular formula is C14H16N2O3. The van der Waals surface area contributed by atoms with Crippen molar-refractivity contribution in [2.45, 2.75) is 13.8 Å². The molecule has 0 aliphatic rings. The van der Waals surface area contributed by atoms with Gasteiger partial charge in [0, 0.05) is 12.6 Å². The SMILES string of the molecule is COc1cc(C)c(-c2cc(C(=O)O)nn2C)cc1C. The maximum Gasteiger partial charge on any atom is 0.356 e. The van der Waals surface area contributed by atoms with Crippen LogP contribution in [0.2, 0.25) is 0 Å². The molecule has 0 saturated heterocycles. The first-order valence-corrected chi connectivity index (χ1v) is 5.87. The fourth-order valence-corrected chi connectivity index (χ4v) is 2.11. The van der Waals surface area contributed by atoms with Gasteiger partial charge in [-0.25, -0.2) is 4.79 Å². The van der Waals surface area contributed by atoms with Gasteiger partial charge in [0.25, 0.3) is 0 Å². The van der Waals surface area contributed by atoms with E-state index in [9.17, 15) is 4.79 Å². The molecule has 2 aromatic rings. The van der Waals surface area contributed by atoms with Gasteiger partial charge in [-0.2, -0.15) is 5.10 Å². The minimum Gasteiger partial charge on any atom is -0.496 e. The monoisotopic (exact) mass is 260 g/mol. The summed E-state index contributed by atoms with van der Waals surface area (Å²) in [5.41, 5.74) is 3.80. The number of benzene rings is 1. The van der Waals surface area contributed by atoms with Gasteiger partial charge < -0.3 is 9.84 Å². The number of rotatable bonds is 3. The molecule has 100 valence electrons. The van der Waals surface area contributed by atoms with E-state index in [4.69, 9.17) is 9.84 Å². The van der Waals surface area contributed by atoms with Crippen molar-refractivity contribution in [3.8, 4) is 17.0 Å². The maximum absolute atomic E-state index is 11.0. The van der Waals surface area contributed by atoms with Gasteiger partial charge in [0.1, 0.15) is 5.75 Å².